The number of anilines is 3. The molecule has 0 aliphatic carbocycles. The molecule has 0 fully saturated rings. The molecule has 0 aliphatic heterocycles. The van der Waals surface area contributed by atoms with Crippen LogP contribution in [-0.2, 0) is 0 Å². The van der Waals surface area contributed by atoms with Gasteiger partial charge in [0.15, 0.2) is 5.65 Å². The third kappa shape index (κ3) is 2.62. The summed E-state index contributed by atoms with van der Waals surface area (Å²) in [7, 11) is 0. The van der Waals surface area contributed by atoms with Gasteiger partial charge >= 0.3 is 0 Å². The molecule has 1 aromatic carbocycles. The van der Waals surface area contributed by atoms with Crippen molar-refractivity contribution in [3.63, 3.8) is 0 Å². The fraction of sp³-hybridized carbons (Fsp3) is 0.214. The van der Waals surface area contributed by atoms with Crippen LogP contribution in [0.5, 0.6) is 0 Å². The molecule has 2 aromatic heterocycles. The lowest BCUT2D eigenvalue weighted by atomic mass is 10.2. The number of hydrogen-bond donors (Lipinski definition) is 3. The fourth-order valence-electron chi connectivity index (χ4n) is 2.03. The second kappa shape index (κ2) is 5.35. The SMILES string of the molecule is CCNc1nc(Nc2cc(C)ccc2F)c2cn[nH]c2n1. The maximum atomic E-state index is 13.9. The van der Waals surface area contributed by atoms with E-state index in [0.29, 0.717) is 35.0 Å². The van der Waals surface area contributed by atoms with Gasteiger partial charge in [-0.2, -0.15) is 15.1 Å². The molecule has 0 bridgehead atoms. The first kappa shape index (κ1) is 13.3. The molecule has 3 aromatic rings. The van der Waals surface area contributed by atoms with Crippen molar-refractivity contribution in [1.29, 1.82) is 0 Å². The molecular weight excluding hydrogens is 271 g/mol. The van der Waals surface area contributed by atoms with Crippen LogP contribution >= 0.6 is 0 Å². The highest BCUT2D eigenvalue weighted by molar-refractivity contribution is 5.89. The van der Waals surface area contributed by atoms with Crippen LogP contribution in [0, 0.1) is 12.7 Å². The molecule has 0 saturated heterocycles. The van der Waals surface area contributed by atoms with E-state index in [1.54, 1.807) is 18.3 Å². The first-order chi connectivity index (χ1) is 10.2. The molecule has 0 radical (unpaired) electrons. The zero-order valence-corrected chi connectivity index (χ0v) is 11.7. The lowest BCUT2D eigenvalue weighted by molar-refractivity contribution is 0.631. The van der Waals surface area contributed by atoms with Crippen LogP contribution in [0.4, 0.5) is 21.8 Å². The van der Waals surface area contributed by atoms with Gasteiger partial charge in [-0.05, 0) is 31.5 Å². The van der Waals surface area contributed by atoms with Gasteiger partial charge < -0.3 is 10.6 Å². The first-order valence-electron chi connectivity index (χ1n) is 6.65. The highest BCUT2D eigenvalue weighted by Crippen LogP contribution is 2.25. The first-order valence-corrected chi connectivity index (χ1v) is 6.65. The van der Waals surface area contributed by atoms with Gasteiger partial charge in [0, 0.05) is 6.54 Å². The van der Waals surface area contributed by atoms with E-state index in [4.69, 9.17) is 0 Å². The van der Waals surface area contributed by atoms with Crippen molar-refractivity contribution in [1.82, 2.24) is 20.2 Å². The van der Waals surface area contributed by atoms with Crippen molar-refractivity contribution >= 4 is 28.5 Å². The molecule has 0 aliphatic rings. The van der Waals surface area contributed by atoms with Gasteiger partial charge in [0.2, 0.25) is 5.95 Å². The maximum absolute atomic E-state index is 13.9. The van der Waals surface area contributed by atoms with Crippen LogP contribution in [-0.4, -0.2) is 26.7 Å². The molecule has 21 heavy (non-hydrogen) atoms. The van der Waals surface area contributed by atoms with E-state index in [-0.39, 0.29) is 5.82 Å². The minimum Gasteiger partial charge on any atom is -0.354 e. The number of nitrogens with zero attached hydrogens (tertiary/aromatic N) is 3. The molecule has 3 N–H and O–H groups in total. The third-order valence-electron chi connectivity index (χ3n) is 3.02. The van der Waals surface area contributed by atoms with E-state index in [1.165, 1.54) is 6.07 Å². The Morgan fingerprint density at radius 2 is 2.14 bits per heavy atom. The molecule has 0 amide bonds. The molecule has 6 nitrogen and oxygen atoms in total. The van der Waals surface area contributed by atoms with Gasteiger partial charge in [-0.15, -0.1) is 0 Å². The van der Waals surface area contributed by atoms with Gasteiger partial charge in [0.25, 0.3) is 0 Å². The Kier molecular flexibility index (Phi) is 3.39. The van der Waals surface area contributed by atoms with Crippen molar-refractivity contribution in [3.05, 3.63) is 35.8 Å². The molecule has 7 heteroatoms. The van der Waals surface area contributed by atoms with Gasteiger partial charge in [-0.25, -0.2) is 4.39 Å². The third-order valence-corrected chi connectivity index (χ3v) is 3.02. The Bertz CT molecular complexity index is 782. The van der Waals surface area contributed by atoms with Crippen LogP contribution < -0.4 is 10.6 Å². The van der Waals surface area contributed by atoms with Gasteiger partial charge in [-0.3, -0.25) is 5.10 Å². The standard InChI is InChI=1S/C14H15FN6/c1-3-16-14-19-12(9-7-17-21-13(9)20-14)18-11-6-8(2)4-5-10(11)15/h4-7H,3H2,1-2H3,(H3,16,17,18,19,20,21). The summed E-state index contributed by atoms with van der Waals surface area (Å²) >= 11 is 0. The number of aryl methyl sites for hydroxylation is 1. The number of halogens is 1. The average Bonchev–Trinajstić information content (AvgIpc) is 2.92. The van der Waals surface area contributed by atoms with E-state index in [2.05, 4.69) is 30.8 Å². The molecule has 3 rings (SSSR count). The van der Waals surface area contributed by atoms with E-state index < -0.39 is 0 Å². The van der Waals surface area contributed by atoms with Crippen LogP contribution in [0.3, 0.4) is 0 Å². The summed E-state index contributed by atoms with van der Waals surface area (Å²) < 4.78 is 13.9. The highest BCUT2D eigenvalue weighted by Gasteiger charge is 2.11. The second-order valence-electron chi connectivity index (χ2n) is 4.67. The summed E-state index contributed by atoms with van der Waals surface area (Å²) in [6.45, 7) is 4.55. The Morgan fingerprint density at radius 1 is 1.29 bits per heavy atom. The number of aromatic amines is 1. The van der Waals surface area contributed by atoms with Gasteiger partial charge in [0.1, 0.15) is 11.6 Å². The summed E-state index contributed by atoms with van der Waals surface area (Å²) in [5.74, 6) is 0.639. The van der Waals surface area contributed by atoms with Crippen molar-refractivity contribution in [2.45, 2.75) is 13.8 Å². The largest absolute Gasteiger partial charge is 0.354 e. The zero-order valence-electron chi connectivity index (χ0n) is 11.7. The quantitative estimate of drug-likeness (QED) is 0.687. The van der Waals surface area contributed by atoms with Crippen molar-refractivity contribution in [2.24, 2.45) is 0 Å². The van der Waals surface area contributed by atoms with Crippen LogP contribution in [0.15, 0.2) is 24.4 Å². The van der Waals surface area contributed by atoms with Crippen LogP contribution in [0.1, 0.15) is 12.5 Å². The van der Waals surface area contributed by atoms with Crippen molar-refractivity contribution in [3.8, 4) is 0 Å². The number of benzene rings is 1. The normalized spacial score (nSPS) is 10.8. The van der Waals surface area contributed by atoms with Gasteiger partial charge in [-0.1, -0.05) is 6.07 Å². The molecule has 0 spiro atoms. The highest BCUT2D eigenvalue weighted by atomic mass is 19.1. The number of rotatable bonds is 4. The lowest BCUT2D eigenvalue weighted by Gasteiger charge is -2.10. The zero-order chi connectivity index (χ0) is 14.8. The number of hydrogen-bond acceptors (Lipinski definition) is 5. The predicted molar refractivity (Wildman–Crippen MR) is 80.3 cm³/mol. The predicted octanol–water partition coefficient (Wildman–Crippen LogP) is 2.98. The minimum absolute atomic E-state index is 0.333. The van der Waals surface area contributed by atoms with Crippen molar-refractivity contribution < 1.29 is 4.39 Å². The smallest absolute Gasteiger partial charge is 0.226 e. The molecular formula is C14H15FN6. The summed E-state index contributed by atoms with van der Waals surface area (Å²) in [5, 5.41) is 13.5. The topological polar surface area (TPSA) is 78.5 Å². The van der Waals surface area contributed by atoms with E-state index in [0.717, 1.165) is 5.56 Å². The monoisotopic (exact) mass is 286 g/mol. The number of aromatic nitrogens is 4. The Balaban J connectivity index is 2.06. The van der Waals surface area contributed by atoms with E-state index in [1.807, 2.05) is 13.8 Å². The molecule has 0 saturated carbocycles. The van der Waals surface area contributed by atoms with Crippen molar-refractivity contribution in [2.75, 3.05) is 17.2 Å². The molecule has 0 atom stereocenters. The molecule has 0 unspecified atom stereocenters. The van der Waals surface area contributed by atoms with Gasteiger partial charge in [0.05, 0.1) is 17.3 Å². The summed E-state index contributed by atoms with van der Waals surface area (Å²) in [6.07, 6.45) is 1.61. The second-order valence-corrected chi connectivity index (χ2v) is 4.67. The summed E-state index contributed by atoms with van der Waals surface area (Å²) in [4.78, 5) is 8.66. The maximum Gasteiger partial charge on any atom is 0.226 e. The summed E-state index contributed by atoms with van der Waals surface area (Å²) in [6, 6.07) is 4.88. The number of fused-ring (bicyclic) bond motifs is 1. The van der Waals surface area contributed by atoms with Crippen LogP contribution in [0.2, 0.25) is 0 Å². The minimum atomic E-state index is -0.333. The Hall–Kier alpha value is -2.70. The lowest BCUT2D eigenvalue weighted by Crippen LogP contribution is -2.05. The van der Waals surface area contributed by atoms with E-state index in [9.17, 15) is 4.39 Å². The molecule has 2 heterocycles. The Labute approximate surface area is 120 Å². The average molecular weight is 286 g/mol. The Morgan fingerprint density at radius 3 is 2.95 bits per heavy atom. The fourth-order valence-corrected chi connectivity index (χ4v) is 2.03. The number of H-pyrrole nitrogens is 1. The van der Waals surface area contributed by atoms with Crippen LogP contribution in [0.25, 0.3) is 11.0 Å². The molecule has 108 valence electrons. The summed E-state index contributed by atoms with van der Waals surface area (Å²) in [5.41, 5.74) is 1.93. The number of nitrogens with one attached hydrogen (secondary N) is 3. The van der Waals surface area contributed by atoms with E-state index >= 15 is 0 Å².